The van der Waals surface area contributed by atoms with Crippen LogP contribution in [0.5, 0.6) is 0 Å². The van der Waals surface area contributed by atoms with E-state index in [2.05, 4.69) is 34.5 Å². The fourth-order valence-electron chi connectivity index (χ4n) is 2.38. The SMILES string of the molecule is CN(C)c1ccc(CCCNC(=O)Cc2cccc(F)c2)cc1. The van der Waals surface area contributed by atoms with Crippen LogP contribution in [0.15, 0.2) is 48.5 Å². The normalized spacial score (nSPS) is 10.4. The predicted octanol–water partition coefficient (Wildman–Crippen LogP) is 3.18. The number of halogens is 1. The van der Waals surface area contributed by atoms with E-state index in [0.717, 1.165) is 12.8 Å². The number of anilines is 1. The van der Waals surface area contributed by atoms with Gasteiger partial charge in [0.2, 0.25) is 5.91 Å². The molecule has 0 saturated heterocycles. The first-order valence-corrected chi connectivity index (χ1v) is 7.82. The summed E-state index contributed by atoms with van der Waals surface area (Å²) in [6.45, 7) is 0.629. The standard InChI is InChI=1S/C19H23FN2O/c1-22(2)18-10-8-15(9-11-18)6-4-12-21-19(23)14-16-5-3-7-17(20)13-16/h3,5,7-11,13H,4,6,12,14H2,1-2H3,(H,21,23). The van der Waals surface area contributed by atoms with Gasteiger partial charge in [-0.3, -0.25) is 4.79 Å². The van der Waals surface area contributed by atoms with Gasteiger partial charge in [-0.25, -0.2) is 4.39 Å². The minimum atomic E-state index is -0.309. The average molecular weight is 314 g/mol. The molecule has 0 spiro atoms. The van der Waals surface area contributed by atoms with E-state index >= 15 is 0 Å². The summed E-state index contributed by atoms with van der Waals surface area (Å²) in [5.41, 5.74) is 3.13. The fraction of sp³-hybridized carbons (Fsp3) is 0.316. The Morgan fingerprint density at radius 1 is 1.09 bits per heavy atom. The molecule has 2 aromatic carbocycles. The highest BCUT2D eigenvalue weighted by Crippen LogP contribution is 2.13. The van der Waals surface area contributed by atoms with Crippen molar-refractivity contribution in [3.63, 3.8) is 0 Å². The topological polar surface area (TPSA) is 32.3 Å². The van der Waals surface area contributed by atoms with Gasteiger partial charge in [0.25, 0.3) is 0 Å². The van der Waals surface area contributed by atoms with E-state index < -0.39 is 0 Å². The summed E-state index contributed by atoms with van der Waals surface area (Å²) in [4.78, 5) is 13.9. The number of amides is 1. The van der Waals surface area contributed by atoms with Gasteiger partial charge >= 0.3 is 0 Å². The second-order valence-corrected chi connectivity index (χ2v) is 5.82. The van der Waals surface area contributed by atoms with Crippen LogP contribution in [0.2, 0.25) is 0 Å². The van der Waals surface area contributed by atoms with Crippen molar-refractivity contribution in [1.82, 2.24) is 5.32 Å². The molecule has 3 nitrogen and oxygen atoms in total. The maximum atomic E-state index is 13.1. The number of aryl methyl sites for hydroxylation is 1. The molecule has 0 radical (unpaired) electrons. The molecule has 0 saturated carbocycles. The fourth-order valence-corrected chi connectivity index (χ4v) is 2.38. The number of carbonyl (C=O) groups is 1. The molecule has 0 bridgehead atoms. The molecule has 0 aliphatic heterocycles. The first-order valence-electron chi connectivity index (χ1n) is 7.82. The van der Waals surface area contributed by atoms with Crippen LogP contribution in [0.3, 0.4) is 0 Å². The van der Waals surface area contributed by atoms with Crippen LogP contribution in [0.1, 0.15) is 17.5 Å². The molecule has 0 heterocycles. The summed E-state index contributed by atoms with van der Waals surface area (Å²) in [6.07, 6.45) is 2.03. The largest absolute Gasteiger partial charge is 0.378 e. The van der Waals surface area contributed by atoms with Crippen molar-refractivity contribution in [3.8, 4) is 0 Å². The Kier molecular flexibility index (Phi) is 6.15. The zero-order valence-electron chi connectivity index (χ0n) is 13.7. The Labute approximate surface area is 137 Å². The second kappa shape index (κ2) is 8.32. The molecular formula is C19H23FN2O. The van der Waals surface area contributed by atoms with Crippen molar-refractivity contribution < 1.29 is 9.18 Å². The van der Waals surface area contributed by atoms with Gasteiger partial charge in [-0.1, -0.05) is 24.3 Å². The van der Waals surface area contributed by atoms with E-state index in [1.54, 1.807) is 12.1 Å². The summed E-state index contributed by atoms with van der Waals surface area (Å²) in [6, 6.07) is 14.6. The van der Waals surface area contributed by atoms with Crippen LogP contribution in [0.4, 0.5) is 10.1 Å². The Balaban J connectivity index is 1.69. The molecule has 0 aliphatic rings. The molecule has 4 heteroatoms. The lowest BCUT2D eigenvalue weighted by Crippen LogP contribution is -2.26. The van der Waals surface area contributed by atoms with Gasteiger partial charge < -0.3 is 10.2 Å². The Hall–Kier alpha value is -2.36. The quantitative estimate of drug-likeness (QED) is 0.796. The molecule has 0 unspecified atom stereocenters. The third-order valence-corrected chi connectivity index (χ3v) is 3.67. The molecule has 23 heavy (non-hydrogen) atoms. The third kappa shape index (κ3) is 5.74. The van der Waals surface area contributed by atoms with Gasteiger partial charge in [0.1, 0.15) is 5.82 Å². The minimum absolute atomic E-state index is 0.0708. The highest BCUT2D eigenvalue weighted by Gasteiger charge is 2.04. The van der Waals surface area contributed by atoms with Crippen LogP contribution >= 0.6 is 0 Å². The van der Waals surface area contributed by atoms with Crippen LogP contribution < -0.4 is 10.2 Å². The van der Waals surface area contributed by atoms with Crippen molar-refractivity contribution in [2.45, 2.75) is 19.3 Å². The van der Waals surface area contributed by atoms with Crippen LogP contribution in [-0.4, -0.2) is 26.5 Å². The highest BCUT2D eigenvalue weighted by atomic mass is 19.1. The highest BCUT2D eigenvalue weighted by molar-refractivity contribution is 5.78. The van der Waals surface area contributed by atoms with E-state index in [0.29, 0.717) is 12.1 Å². The van der Waals surface area contributed by atoms with Crippen molar-refractivity contribution in [2.24, 2.45) is 0 Å². The molecule has 2 aromatic rings. The Bertz CT molecular complexity index is 638. The molecule has 0 fully saturated rings. The molecule has 1 amide bonds. The molecule has 122 valence electrons. The van der Waals surface area contributed by atoms with Crippen molar-refractivity contribution in [2.75, 3.05) is 25.5 Å². The lowest BCUT2D eigenvalue weighted by Gasteiger charge is -2.12. The predicted molar refractivity (Wildman–Crippen MR) is 92.2 cm³/mol. The van der Waals surface area contributed by atoms with Gasteiger partial charge in [0, 0.05) is 26.3 Å². The molecule has 1 N–H and O–H groups in total. The number of hydrogen-bond acceptors (Lipinski definition) is 2. The maximum absolute atomic E-state index is 13.1. The van der Waals surface area contributed by atoms with Crippen molar-refractivity contribution >= 4 is 11.6 Å². The van der Waals surface area contributed by atoms with Gasteiger partial charge in [0.15, 0.2) is 0 Å². The third-order valence-electron chi connectivity index (χ3n) is 3.67. The number of hydrogen-bond donors (Lipinski definition) is 1. The van der Waals surface area contributed by atoms with E-state index in [-0.39, 0.29) is 18.1 Å². The van der Waals surface area contributed by atoms with Gasteiger partial charge in [-0.2, -0.15) is 0 Å². The van der Waals surface area contributed by atoms with E-state index in [4.69, 9.17) is 0 Å². The number of carbonyl (C=O) groups excluding carboxylic acids is 1. The number of rotatable bonds is 7. The lowest BCUT2D eigenvalue weighted by atomic mass is 10.1. The number of benzene rings is 2. The Morgan fingerprint density at radius 3 is 2.48 bits per heavy atom. The van der Waals surface area contributed by atoms with Gasteiger partial charge in [-0.05, 0) is 48.2 Å². The number of nitrogens with one attached hydrogen (secondary N) is 1. The monoisotopic (exact) mass is 314 g/mol. The first-order chi connectivity index (χ1) is 11.0. The number of nitrogens with zero attached hydrogens (tertiary/aromatic N) is 1. The van der Waals surface area contributed by atoms with E-state index in [9.17, 15) is 9.18 Å². The Morgan fingerprint density at radius 2 is 1.83 bits per heavy atom. The zero-order chi connectivity index (χ0) is 16.7. The smallest absolute Gasteiger partial charge is 0.224 e. The molecule has 0 aliphatic carbocycles. The lowest BCUT2D eigenvalue weighted by molar-refractivity contribution is -0.120. The van der Waals surface area contributed by atoms with Crippen LogP contribution in [0, 0.1) is 5.82 Å². The van der Waals surface area contributed by atoms with E-state index in [1.165, 1.54) is 23.4 Å². The summed E-state index contributed by atoms with van der Waals surface area (Å²) in [7, 11) is 4.03. The summed E-state index contributed by atoms with van der Waals surface area (Å²) in [5, 5.41) is 2.88. The maximum Gasteiger partial charge on any atom is 0.224 e. The van der Waals surface area contributed by atoms with Gasteiger partial charge in [0.05, 0.1) is 6.42 Å². The molecule has 0 aromatic heterocycles. The first kappa shape index (κ1) is 17.0. The zero-order valence-corrected chi connectivity index (χ0v) is 13.7. The molecular weight excluding hydrogens is 291 g/mol. The van der Waals surface area contributed by atoms with Gasteiger partial charge in [-0.15, -0.1) is 0 Å². The minimum Gasteiger partial charge on any atom is -0.378 e. The van der Waals surface area contributed by atoms with Crippen LogP contribution in [0.25, 0.3) is 0 Å². The second-order valence-electron chi connectivity index (χ2n) is 5.82. The van der Waals surface area contributed by atoms with Crippen LogP contribution in [-0.2, 0) is 17.6 Å². The molecule has 2 rings (SSSR count). The van der Waals surface area contributed by atoms with E-state index in [1.807, 2.05) is 14.1 Å². The van der Waals surface area contributed by atoms with Crippen molar-refractivity contribution in [1.29, 1.82) is 0 Å². The molecule has 0 atom stereocenters. The average Bonchev–Trinajstić information content (AvgIpc) is 2.52. The van der Waals surface area contributed by atoms with Crippen molar-refractivity contribution in [3.05, 3.63) is 65.5 Å². The summed E-state index contributed by atoms with van der Waals surface area (Å²) < 4.78 is 13.1. The summed E-state index contributed by atoms with van der Waals surface area (Å²) in [5.74, 6) is -0.380. The summed E-state index contributed by atoms with van der Waals surface area (Å²) >= 11 is 0.